The molecule has 0 unspecified atom stereocenters. The van der Waals surface area contributed by atoms with Crippen molar-refractivity contribution in [2.75, 3.05) is 13.2 Å². The smallest absolute Gasteiger partial charge is 0.240 e. The van der Waals surface area contributed by atoms with E-state index in [1.54, 1.807) is 19.1 Å². The van der Waals surface area contributed by atoms with Crippen LogP contribution in [0.25, 0.3) is 0 Å². The van der Waals surface area contributed by atoms with E-state index in [-0.39, 0.29) is 18.0 Å². The number of rotatable bonds is 6. The Morgan fingerprint density at radius 3 is 2.50 bits per heavy atom. The summed E-state index contributed by atoms with van der Waals surface area (Å²) in [5, 5.41) is 0.543. The van der Waals surface area contributed by atoms with Gasteiger partial charge in [-0.3, -0.25) is 0 Å². The number of hydrogen-bond donors (Lipinski definition) is 1. The second-order valence-corrected chi connectivity index (χ2v) is 7.10. The lowest BCUT2D eigenvalue weighted by Gasteiger charge is -2.10. The lowest BCUT2D eigenvalue weighted by molar-refractivity contribution is 0.320. The molecule has 0 saturated carbocycles. The average Bonchev–Trinajstić information content (AvgIpc) is 2.48. The van der Waals surface area contributed by atoms with Crippen LogP contribution in [0.2, 0.25) is 5.02 Å². The zero-order valence-electron chi connectivity index (χ0n) is 12.5. The molecule has 1 N–H and O–H groups in total. The standard InChI is InChI=1S/C16H18ClNO3S/c1-12-5-3-4-6-16(12)21-10-9-18-22(19,20)14-7-8-15(17)13(2)11-14/h3-8,11,18H,9-10H2,1-2H3. The fraction of sp³-hybridized carbons (Fsp3) is 0.250. The zero-order valence-corrected chi connectivity index (χ0v) is 14.0. The Bertz CT molecular complexity index is 760. The van der Waals surface area contributed by atoms with Crippen LogP contribution in [0.4, 0.5) is 0 Å². The highest BCUT2D eigenvalue weighted by molar-refractivity contribution is 7.89. The molecule has 0 saturated heterocycles. The fourth-order valence-electron chi connectivity index (χ4n) is 1.92. The van der Waals surface area contributed by atoms with E-state index in [0.29, 0.717) is 5.02 Å². The number of sulfonamides is 1. The maximum atomic E-state index is 12.2. The first-order chi connectivity index (χ1) is 10.4. The van der Waals surface area contributed by atoms with Gasteiger partial charge in [-0.05, 0) is 49.2 Å². The summed E-state index contributed by atoms with van der Waals surface area (Å²) in [6.07, 6.45) is 0. The maximum absolute atomic E-state index is 12.2. The van der Waals surface area contributed by atoms with E-state index >= 15 is 0 Å². The summed E-state index contributed by atoms with van der Waals surface area (Å²) in [7, 11) is -3.55. The SMILES string of the molecule is Cc1cc(S(=O)(=O)NCCOc2ccccc2C)ccc1Cl. The first-order valence-corrected chi connectivity index (χ1v) is 8.70. The normalized spacial score (nSPS) is 11.4. The predicted octanol–water partition coefficient (Wildman–Crippen LogP) is 3.31. The van der Waals surface area contributed by atoms with E-state index in [9.17, 15) is 8.42 Å². The fourth-order valence-corrected chi connectivity index (χ4v) is 3.14. The molecule has 4 nitrogen and oxygen atoms in total. The van der Waals surface area contributed by atoms with Crippen molar-refractivity contribution >= 4 is 21.6 Å². The second kappa shape index (κ2) is 7.13. The molecule has 0 aliphatic carbocycles. The first kappa shape index (κ1) is 16.8. The van der Waals surface area contributed by atoms with Crippen LogP contribution in [0.1, 0.15) is 11.1 Å². The molecule has 2 aromatic carbocycles. The van der Waals surface area contributed by atoms with Gasteiger partial charge in [0, 0.05) is 11.6 Å². The molecule has 2 aromatic rings. The highest BCUT2D eigenvalue weighted by Gasteiger charge is 2.14. The van der Waals surface area contributed by atoms with Gasteiger partial charge in [0.25, 0.3) is 0 Å². The molecule has 6 heteroatoms. The molecule has 0 aliphatic heterocycles. The number of ether oxygens (including phenoxy) is 1. The summed E-state index contributed by atoms with van der Waals surface area (Å²) in [6, 6.07) is 12.2. The number of aryl methyl sites for hydroxylation is 2. The largest absolute Gasteiger partial charge is 0.492 e. The molecule has 0 atom stereocenters. The third kappa shape index (κ3) is 4.22. The Labute approximate surface area is 136 Å². The number of hydrogen-bond acceptors (Lipinski definition) is 3. The Kier molecular flexibility index (Phi) is 5.45. The van der Waals surface area contributed by atoms with Crippen LogP contribution < -0.4 is 9.46 Å². The van der Waals surface area contributed by atoms with Crippen LogP contribution in [-0.4, -0.2) is 21.6 Å². The highest BCUT2D eigenvalue weighted by atomic mass is 35.5. The maximum Gasteiger partial charge on any atom is 0.240 e. The molecule has 0 heterocycles. The summed E-state index contributed by atoms with van der Waals surface area (Å²) in [5.41, 5.74) is 1.74. The molecule has 0 fully saturated rings. The highest BCUT2D eigenvalue weighted by Crippen LogP contribution is 2.19. The van der Waals surface area contributed by atoms with E-state index in [0.717, 1.165) is 16.9 Å². The Morgan fingerprint density at radius 1 is 1.09 bits per heavy atom. The summed E-state index contributed by atoms with van der Waals surface area (Å²) in [4.78, 5) is 0.199. The molecule has 0 aromatic heterocycles. The zero-order chi connectivity index (χ0) is 16.2. The number of para-hydroxylation sites is 1. The molecule has 0 amide bonds. The summed E-state index contributed by atoms with van der Waals surface area (Å²) in [5.74, 6) is 0.754. The van der Waals surface area contributed by atoms with E-state index in [1.165, 1.54) is 6.07 Å². The van der Waals surface area contributed by atoms with E-state index in [4.69, 9.17) is 16.3 Å². The molecule has 118 valence electrons. The van der Waals surface area contributed by atoms with Gasteiger partial charge in [-0.2, -0.15) is 0 Å². The predicted molar refractivity (Wildman–Crippen MR) is 88.1 cm³/mol. The molecular weight excluding hydrogens is 322 g/mol. The van der Waals surface area contributed by atoms with Gasteiger partial charge in [0.1, 0.15) is 12.4 Å². The van der Waals surface area contributed by atoms with Gasteiger partial charge in [0.05, 0.1) is 4.90 Å². The van der Waals surface area contributed by atoms with Gasteiger partial charge in [-0.25, -0.2) is 13.1 Å². The molecule has 0 bridgehead atoms. The molecule has 0 radical (unpaired) electrons. The molecule has 2 rings (SSSR count). The third-order valence-corrected chi connectivity index (χ3v) is 5.07. The minimum atomic E-state index is -3.55. The van der Waals surface area contributed by atoms with Gasteiger partial charge >= 0.3 is 0 Å². The van der Waals surface area contributed by atoms with Crippen LogP contribution in [0.15, 0.2) is 47.4 Å². The Morgan fingerprint density at radius 2 is 1.82 bits per heavy atom. The van der Waals surface area contributed by atoms with Crippen molar-refractivity contribution < 1.29 is 13.2 Å². The Balaban J connectivity index is 1.93. The summed E-state index contributed by atoms with van der Waals surface area (Å²) >= 11 is 5.90. The first-order valence-electron chi connectivity index (χ1n) is 6.84. The monoisotopic (exact) mass is 339 g/mol. The number of halogens is 1. The van der Waals surface area contributed by atoms with E-state index in [1.807, 2.05) is 31.2 Å². The average molecular weight is 340 g/mol. The van der Waals surface area contributed by atoms with Crippen molar-refractivity contribution in [2.45, 2.75) is 18.7 Å². The van der Waals surface area contributed by atoms with Crippen molar-refractivity contribution in [1.29, 1.82) is 0 Å². The van der Waals surface area contributed by atoms with Crippen molar-refractivity contribution in [3.63, 3.8) is 0 Å². The molecule has 0 spiro atoms. The van der Waals surface area contributed by atoms with Crippen molar-refractivity contribution in [3.05, 3.63) is 58.6 Å². The van der Waals surface area contributed by atoms with E-state index < -0.39 is 10.0 Å². The number of benzene rings is 2. The van der Waals surface area contributed by atoms with Crippen LogP contribution >= 0.6 is 11.6 Å². The molecule has 22 heavy (non-hydrogen) atoms. The Hall–Kier alpha value is -1.56. The van der Waals surface area contributed by atoms with Gasteiger partial charge in [-0.15, -0.1) is 0 Å². The van der Waals surface area contributed by atoms with Crippen LogP contribution in [-0.2, 0) is 10.0 Å². The topological polar surface area (TPSA) is 55.4 Å². The van der Waals surface area contributed by atoms with Crippen LogP contribution in [0, 0.1) is 13.8 Å². The van der Waals surface area contributed by atoms with Crippen molar-refractivity contribution in [1.82, 2.24) is 4.72 Å². The minimum Gasteiger partial charge on any atom is -0.492 e. The molecular formula is C16H18ClNO3S. The molecule has 0 aliphatic rings. The van der Waals surface area contributed by atoms with Crippen LogP contribution in [0.5, 0.6) is 5.75 Å². The van der Waals surface area contributed by atoms with Gasteiger partial charge in [0.2, 0.25) is 10.0 Å². The van der Waals surface area contributed by atoms with Crippen LogP contribution in [0.3, 0.4) is 0 Å². The number of nitrogens with one attached hydrogen (secondary N) is 1. The van der Waals surface area contributed by atoms with Crippen molar-refractivity contribution in [3.8, 4) is 5.75 Å². The van der Waals surface area contributed by atoms with Gasteiger partial charge in [0.15, 0.2) is 0 Å². The van der Waals surface area contributed by atoms with E-state index in [2.05, 4.69) is 4.72 Å². The van der Waals surface area contributed by atoms with Gasteiger partial charge in [-0.1, -0.05) is 29.8 Å². The summed E-state index contributed by atoms with van der Waals surface area (Å²) in [6.45, 7) is 4.16. The minimum absolute atomic E-state index is 0.193. The second-order valence-electron chi connectivity index (χ2n) is 4.92. The third-order valence-electron chi connectivity index (χ3n) is 3.19. The quantitative estimate of drug-likeness (QED) is 0.821. The lowest BCUT2D eigenvalue weighted by Crippen LogP contribution is -2.28. The van der Waals surface area contributed by atoms with Crippen molar-refractivity contribution in [2.24, 2.45) is 0 Å². The summed E-state index contributed by atoms with van der Waals surface area (Å²) < 4.78 is 32.4. The lowest BCUT2D eigenvalue weighted by atomic mass is 10.2. The van der Waals surface area contributed by atoms with Gasteiger partial charge < -0.3 is 4.74 Å².